The maximum Gasteiger partial charge on any atom is 0.418 e. The van der Waals surface area contributed by atoms with E-state index in [1.807, 2.05) is 11.4 Å². The van der Waals surface area contributed by atoms with E-state index >= 15 is 0 Å². The van der Waals surface area contributed by atoms with E-state index in [2.05, 4.69) is 10.6 Å². The topological polar surface area (TPSA) is 120 Å². The van der Waals surface area contributed by atoms with Gasteiger partial charge in [-0.05, 0) is 92.6 Å². The summed E-state index contributed by atoms with van der Waals surface area (Å²) >= 11 is 7.67. The summed E-state index contributed by atoms with van der Waals surface area (Å²) in [5.41, 5.74) is 4.87. The molecule has 3 fully saturated rings. The zero-order valence-electron chi connectivity index (χ0n) is 26.0. The Balaban J connectivity index is 1.13. The van der Waals surface area contributed by atoms with Gasteiger partial charge < -0.3 is 35.8 Å². The largest absolute Gasteiger partial charge is 0.436 e. The number of rotatable bonds is 6. The van der Waals surface area contributed by atoms with Crippen LogP contribution in [0.2, 0.25) is 5.02 Å². The quantitative estimate of drug-likeness (QED) is 0.329. The highest BCUT2D eigenvalue weighted by atomic mass is 35.5. The molecule has 0 unspecified atom stereocenters. The number of nitrogens with two attached hydrogens (primary N) is 1. The molecular weight excluding hydrogens is 657 g/mol. The van der Waals surface area contributed by atoms with Crippen molar-refractivity contribution in [2.75, 3.05) is 50.3 Å². The van der Waals surface area contributed by atoms with Crippen LogP contribution < -0.4 is 16.4 Å². The van der Waals surface area contributed by atoms with Crippen molar-refractivity contribution in [2.24, 2.45) is 11.8 Å². The molecule has 256 valence electrons. The zero-order valence-corrected chi connectivity index (χ0v) is 27.6. The van der Waals surface area contributed by atoms with Crippen molar-refractivity contribution >= 4 is 52.3 Å². The second-order valence-electron chi connectivity index (χ2n) is 12.9. The fourth-order valence-electron chi connectivity index (χ4n) is 7.37. The highest BCUT2D eigenvalue weighted by Crippen LogP contribution is 2.39. The summed E-state index contributed by atoms with van der Waals surface area (Å²) in [7, 11) is 0. The van der Waals surface area contributed by atoms with Crippen molar-refractivity contribution in [1.82, 2.24) is 20.0 Å². The summed E-state index contributed by atoms with van der Waals surface area (Å²) in [4.78, 5) is 46.1. The zero-order chi connectivity index (χ0) is 33.3. The molecule has 1 aromatic heterocycles. The van der Waals surface area contributed by atoms with E-state index in [0.717, 1.165) is 55.4 Å². The predicted molar refractivity (Wildman–Crippen MR) is 173 cm³/mol. The summed E-state index contributed by atoms with van der Waals surface area (Å²) in [5.74, 6) is 0.670. The maximum absolute atomic E-state index is 13.9. The van der Waals surface area contributed by atoms with Gasteiger partial charge in [0.15, 0.2) is 6.10 Å². The van der Waals surface area contributed by atoms with Crippen molar-refractivity contribution in [3.63, 3.8) is 0 Å². The van der Waals surface area contributed by atoms with Crippen LogP contribution in [0.4, 0.5) is 34.1 Å². The van der Waals surface area contributed by atoms with E-state index < -0.39 is 35.5 Å². The lowest BCUT2D eigenvalue weighted by Crippen LogP contribution is -2.52. The van der Waals surface area contributed by atoms with Crippen LogP contribution in [0.25, 0.3) is 0 Å². The Morgan fingerprint density at radius 2 is 1.68 bits per heavy atom. The molecule has 10 nitrogen and oxygen atoms in total. The summed E-state index contributed by atoms with van der Waals surface area (Å²) in [5, 5.41) is 7.95. The number of ether oxygens (including phenoxy) is 1. The first-order chi connectivity index (χ1) is 22.5. The normalized spacial score (nSPS) is 20.9. The number of thiophene rings is 1. The van der Waals surface area contributed by atoms with E-state index in [9.17, 15) is 27.6 Å². The molecule has 2 aromatic rings. The first-order valence-corrected chi connectivity index (χ1v) is 17.5. The summed E-state index contributed by atoms with van der Waals surface area (Å²) in [6, 6.07) is 3.78. The minimum Gasteiger partial charge on any atom is -0.436 e. The van der Waals surface area contributed by atoms with Crippen LogP contribution in [0.1, 0.15) is 54.5 Å². The molecule has 4 amide bonds. The van der Waals surface area contributed by atoms with Crippen LogP contribution in [0.3, 0.4) is 0 Å². The Morgan fingerprint density at radius 1 is 1.02 bits per heavy atom. The van der Waals surface area contributed by atoms with Crippen LogP contribution in [0, 0.1) is 11.8 Å². The second-order valence-corrected chi connectivity index (χ2v) is 14.3. The Kier molecular flexibility index (Phi) is 10.1. The number of amides is 4. The van der Waals surface area contributed by atoms with Gasteiger partial charge in [-0.2, -0.15) is 13.2 Å². The molecule has 0 radical (unpaired) electrons. The van der Waals surface area contributed by atoms with E-state index in [4.69, 9.17) is 22.1 Å². The standard InChI is InChI=1S/C32H40ClF3N6O4S/c33-24-16-19(15-23(28(24)37)32(34,35)36)17-26(29(43)40-10-3-21(4-11-40)20-1-8-38-9-2-20)46-31(45)41-12-5-22(6-13-41)42-18-27-25(7-14-47-27)39-30(42)44/h7,14-16,20-22,26,38H,1-6,8-13,17-18,37H2,(H,39,44)/t26-/m1/s1. The van der Waals surface area contributed by atoms with Crippen molar-refractivity contribution in [2.45, 2.75) is 69.8 Å². The number of carbonyl (C=O) groups excluding carboxylic acids is 3. The molecule has 0 saturated carbocycles. The van der Waals surface area contributed by atoms with Gasteiger partial charge in [-0.25, -0.2) is 9.59 Å². The number of fused-ring (bicyclic) bond motifs is 1. The number of urea groups is 1. The first-order valence-electron chi connectivity index (χ1n) is 16.2. The van der Waals surface area contributed by atoms with Crippen molar-refractivity contribution < 1.29 is 32.3 Å². The van der Waals surface area contributed by atoms with Gasteiger partial charge >= 0.3 is 18.3 Å². The lowest BCUT2D eigenvalue weighted by Gasteiger charge is -2.40. The predicted octanol–water partition coefficient (Wildman–Crippen LogP) is 5.80. The first kappa shape index (κ1) is 33.7. The van der Waals surface area contributed by atoms with E-state index in [1.165, 1.54) is 11.0 Å². The van der Waals surface area contributed by atoms with Gasteiger partial charge in [-0.15, -0.1) is 11.3 Å². The molecule has 4 aliphatic rings. The maximum atomic E-state index is 13.9. The van der Waals surface area contributed by atoms with Crippen molar-refractivity contribution in [3.05, 3.63) is 44.6 Å². The minimum atomic E-state index is -4.75. The van der Waals surface area contributed by atoms with Gasteiger partial charge in [0.2, 0.25) is 0 Å². The number of nitrogens with zero attached hydrogens (tertiary/aromatic N) is 3. The number of halogens is 4. The lowest BCUT2D eigenvalue weighted by atomic mass is 9.79. The number of alkyl halides is 3. The Hall–Kier alpha value is -3.23. The molecule has 0 bridgehead atoms. The van der Waals surface area contributed by atoms with E-state index in [1.54, 1.807) is 21.1 Å². The Morgan fingerprint density at radius 3 is 2.36 bits per heavy atom. The Bertz CT molecular complexity index is 1470. The van der Waals surface area contributed by atoms with Crippen LogP contribution in [0.5, 0.6) is 0 Å². The number of nitrogens with one attached hydrogen (secondary N) is 2. The van der Waals surface area contributed by atoms with Crippen LogP contribution in [-0.4, -0.2) is 84.1 Å². The number of piperidine rings is 3. The summed E-state index contributed by atoms with van der Waals surface area (Å²) in [6.07, 6.45) is -2.19. The number of likely N-dealkylation sites (tertiary alicyclic amines) is 2. The fraction of sp³-hybridized carbons (Fsp3) is 0.594. The fourth-order valence-corrected chi connectivity index (χ4v) is 8.44. The van der Waals surface area contributed by atoms with Gasteiger partial charge in [0.25, 0.3) is 5.91 Å². The number of hydrogen-bond acceptors (Lipinski definition) is 7. The Labute approximate surface area is 280 Å². The number of hydrogen-bond donors (Lipinski definition) is 3. The van der Waals surface area contributed by atoms with Gasteiger partial charge in [-0.3, -0.25) is 4.79 Å². The second kappa shape index (κ2) is 14.1. The van der Waals surface area contributed by atoms with E-state index in [-0.39, 0.29) is 29.1 Å². The molecule has 1 atom stereocenters. The number of anilines is 2. The average molecular weight is 697 g/mol. The summed E-state index contributed by atoms with van der Waals surface area (Å²) < 4.78 is 47.1. The number of benzene rings is 1. The highest BCUT2D eigenvalue weighted by Gasteiger charge is 2.39. The SMILES string of the molecule is Nc1c(Cl)cc(C[C@@H](OC(=O)N2CCC(N3Cc4sccc4NC3=O)CC2)C(=O)N2CCC(C3CCNCC3)CC2)cc1C(F)(F)F. The monoisotopic (exact) mass is 696 g/mol. The van der Waals surface area contributed by atoms with Crippen LogP contribution >= 0.6 is 22.9 Å². The van der Waals surface area contributed by atoms with Gasteiger partial charge in [0.05, 0.1) is 28.5 Å². The van der Waals surface area contributed by atoms with Crippen LogP contribution in [0.15, 0.2) is 23.6 Å². The molecule has 0 spiro atoms. The van der Waals surface area contributed by atoms with Gasteiger partial charge in [0, 0.05) is 43.5 Å². The molecule has 6 rings (SSSR count). The molecule has 1 aromatic carbocycles. The van der Waals surface area contributed by atoms with Crippen molar-refractivity contribution in [1.29, 1.82) is 0 Å². The summed E-state index contributed by atoms with van der Waals surface area (Å²) in [6.45, 7) is 4.08. The third-order valence-corrected chi connectivity index (χ3v) is 11.3. The molecule has 4 aliphatic heterocycles. The molecule has 15 heteroatoms. The van der Waals surface area contributed by atoms with Gasteiger partial charge in [-0.1, -0.05) is 11.6 Å². The lowest BCUT2D eigenvalue weighted by molar-refractivity contribution is -0.142. The minimum absolute atomic E-state index is 0.0781. The molecule has 5 heterocycles. The smallest absolute Gasteiger partial charge is 0.418 e. The molecular formula is C32H40ClF3N6O4S. The van der Waals surface area contributed by atoms with Gasteiger partial charge in [0.1, 0.15) is 0 Å². The van der Waals surface area contributed by atoms with Crippen LogP contribution in [-0.2, 0) is 28.7 Å². The molecule has 3 saturated heterocycles. The molecule has 4 N–H and O–H groups in total. The molecule has 47 heavy (non-hydrogen) atoms. The number of carbonyl (C=O) groups is 3. The van der Waals surface area contributed by atoms with Crippen molar-refractivity contribution in [3.8, 4) is 0 Å². The number of nitrogen functional groups attached to an aromatic ring is 1. The highest BCUT2D eigenvalue weighted by molar-refractivity contribution is 7.10. The third kappa shape index (κ3) is 7.59. The van der Waals surface area contributed by atoms with E-state index in [0.29, 0.717) is 57.4 Å². The average Bonchev–Trinajstić information content (AvgIpc) is 3.52. The molecule has 0 aliphatic carbocycles. The third-order valence-electron chi connectivity index (χ3n) is 10.1.